The summed E-state index contributed by atoms with van der Waals surface area (Å²) in [6.07, 6.45) is 1.92. The zero-order chi connectivity index (χ0) is 45.3. The highest BCUT2D eigenvalue weighted by molar-refractivity contribution is 7.85. The van der Waals surface area contributed by atoms with Crippen LogP contribution in [0.5, 0.6) is 0 Å². The van der Waals surface area contributed by atoms with Gasteiger partial charge >= 0.3 is 0 Å². The van der Waals surface area contributed by atoms with Crippen molar-refractivity contribution in [3.8, 4) is 66.8 Å². The Balaban J connectivity index is 0.921. The third-order valence-corrected chi connectivity index (χ3v) is 18.5. The van der Waals surface area contributed by atoms with Gasteiger partial charge in [0.05, 0.1) is 0 Å². The fourth-order valence-electron chi connectivity index (χ4n) is 11.7. The Morgan fingerprint density at radius 1 is 0.348 bits per heavy atom. The van der Waals surface area contributed by atoms with Crippen LogP contribution in [-0.2, 0) is 20.8 Å². The van der Waals surface area contributed by atoms with Crippen LogP contribution in [0.1, 0.15) is 80.5 Å². The molecule has 0 bridgehead atoms. The van der Waals surface area contributed by atoms with Crippen LogP contribution in [0.2, 0.25) is 0 Å². The van der Waals surface area contributed by atoms with Crippen LogP contribution in [0, 0.1) is 6.92 Å². The first-order valence-electron chi connectivity index (χ1n) is 23.3. The highest BCUT2D eigenvalue weighted by Gasteiger charge is 2.38. The number of aryl methyl sites for hydroxylation is 1. The van der Waals surface area contributed by atoms with Crippen LogP contribution >= 0.6 is 7.14 Å². The van der Waals surface area contributed by atoms with Gasteiger partial charge in [-0.2, -0.15) is 0 Å². The van der Waals surface area contributed by atoms with E-state index >= 15 is 4.57 Å². The van der Waals surface area contributed by atoms with Gasteiger partial charge in [0.15, 0.2) is 7.14 Å². The Labute approximate surface area is 389 Å². The molecule has 0 amide bonds. The summed E-state index contributed by atoms with van der Waals surface area (Å²) >= 11 is 0. The quantitative estimate of drug-likeness (QED) is 0.156. The molecule has 3 aliphatic rings. The lowest BCUT2D eigenvalue weighted by atomic mass is 9.81. The normalized spacial score (nSPS) is 15.3. The monoisotopic (exact) mass is 869 g/mol. The summed E-state index contributed by atoms with van der Waals surface area (Å²) in [4.78, 5) is 5.11. The van der Waals surface area contributed by atoms with Crippen molar-refractivity contribution in [1.82, 2.24) is 4.98 Å². The number of benzene rings is 8. The Morgan fingerprint density at radius 2 is 0.697 bits per heavy atom. The molecule has 8 aromatic carbocycles. The number of fused-ring (bicyclic) bond motifs is 9. The van der Waals surface area contributed by atoms with Crippen LogP contribution in [0.25, 0.3) is 66.8 Å². The Morgan fingerprint density at radius 3 is 1.14 bits per heavy atom. The van der Waals surface area contributed by atoms with E-state index in [0.29, 0.717) is 5.44 Å². The number of hydrogen-bond acceptors (Lipinski definition) is 2. The average molecular weight is 870 g/mol. The number of pyridine rings is 1. The van der Waals surface area contributed by atoms with E-state index in [9.17, 15) is 0 Å². The van der Waals surface area contributed by atoms with Gasteiger partial charge in [-0.05, 0) is 126 Å². The molecule has 0 radical (unpaired) electrons. The van der Waals surface area contributed by atoms with Gasteiger partial charge in [-0.3, -0.25) is 4.98 Å². The highest BCUT2D eigenvalue weighted by atomic mass is 31.2. The van der Waals surface area contributed by atoms with Crippen LogP contribution < -0.4 is 16.0 Å². The summed E-state index contributed by atoms with van der Waals surface area (Å²) in [6.45, 7) is 16.1. The van der Waals surface area contributed by atoms with E-state index < -0.39 is 7.14 Å². The average Bonchev–Trinajstić information content (AvgIpc) is 3.82. The number of nitrogens with zero attached hydrogens (tertiary/aromatic N) is 1. The first-order valence-corrected chi connectivity index (χ1v) is 25.0. The second-order valence-corrected chi connectivity index (χ2v) is 23.1. The van der Waals surface area contributed by atoms with Gasteiger partial charge in [0.1, 0.15) is 5.44 Å². The molecule has 0 saturated heterocycles. The molecule has 1 heterocycles. The molecule has 3 aliphatic carbocycles. The second-order valence-electron chi connectivity index (χ2n) is 20.4. The van der Waals surface area contributed by atoms with Crippen molar-refractivity contribution in [3.63, 3.8) is 0 Å². The van der Waals surface area contributed by atoms with Crippen molar-refractivity contribution in [1.29, 1.82) is 0 Å². The van der Waals surface area contributed by atoms with Crippen LogP contribution in [-0.4, -0.2) is 4.98 Å². The summed E-state index contributed by atoms with van der Waals surface area (Å²) in [5.41, 5.74) is 24.1. The molecule has 2 nitrogen and oxygen atoms in total. The lowest BCUT2D eigenvalue weighted by Crippen LogP contribution is -2.27. The van der Waals surface area contributed by atoms with Crippen molar-refractivity contribution in [3.05, 3.63) is 227 Å². The lowest BCUT2D eigenvalue weighted by molar-refractivity contribution is 0.592. The molecule has 12 rings (SSSR count). The molecule has 0 aliphatic heterocycles. The molecule has 320 valence electrons. The van der Waals surface area contributed by atoms with Crippen molar-refractivity contribution in [2.45, 2.75) is 64.7 Å². The fourth-order valence-corrected chi connectivity index (χ4v) is 14.2. The van der Waals surface area contributed by atoms with Crippen molar-refractivity contribution < 1.29 is 4.57 Å². The van der Waals surface area contributed by atoms with Crippen LogP contribution in [0.4, 0.5) is 0 Å². The molecule has 66 heavy (non-hydrogen) atoms. The Kier molecular flexibility index (Phi) is 8.82. The molecular weight excluding hydrogens is 818 g/mol. The van der Waals surface area contributed by atoms with E-state index in [1.54, 1.807) is 0 Å². The maximum Gasteiger partial charge on any atom is 0.188 e. The molecule has 0 atom stereocenters. The van der Waals surface area contributed by atoms with E-state index in [1.807, 2.05) is 12.3 Å². The van der Waals surface area contributed by atoms with Gasteiger partial charge in [0, 0.05) is 38.6 Å². The van der Waals surface area contributed by atoms with Crippen molar-refractivity contribution in [2.75, 3.05) is 0 Å². The minimum Gasteiger partial charge on any atom is -0.307 e. The minimum atomic E-state index is -3.45. The molecular formula is C63H52NOP. The van der Waals surface area contributed by atoms with E-state index in [2.05, 4.69) is 224 Å². The summed E-state index contributed by atoms with van der Waals surface area (Å²) in [5, 5.41) is 1.52. The Bertz CT molecular complexity index is 3360. The molecule has 0 unspecified atom stereocenters. The standard InChI is InChI=1S/C63H52NOP/c1-39-16-29-50-53-32-23-44(37-59(53)63(6,7)56(50)34-39)45-24-33-60(64-38-45)66(65,46-25-17-40(18-26-46)42-21-30-51-48-12-8-10-14-54(48)61(2,3)57(51)35-42)47-27-19-41(20-28-47)43-22-31-52-49-13-9-11-15-55(49)62(4,5)58(52)36-43/h8-38H,1-7H3. The highest BCUT2D eigenvalue weighted by Crippen LogP contribution is 2.53. The smallest absolute Gasteiger partial charge is 0.188 e. The summed E-state index contributed by atoms with van der Waals surface area (Å²) in [7, 11) is -3.45. The third kappa shape index (κ3) is 5.87. The predicted molar refractivity (Wildman–Crippen MR) is 277 cm³/mol. The minimum absolute atomic E-state index is 0.0945. The zero-order valence-corrected chi connectivity index (χ0v) is 39.6. The van der Waals surface area contributed by atoms with E-state index in [-0.39, 0.29) is 16.2 Å². The van der Waals surface area contributed by atoms with Crippen LogP contribution in [0.3, 0.4) is 0 Å². The molecule has 0 N–H and O–H groups in total. The van der Waals surface area contributed by atoms with Crippen LogP contribution in [0.15, 0.2) is 188 Å². The van der Waals surface area contributed by atoms with Crippen molar-refractivity contribution >= 4 is 23.2 Å². The molecule has 0 fully saturated rings. The van der Waals surface area contributed by atoms with Gasteiger partial charge < -0.3 is 4.57 Å². The molecule has 1 aromatic heterocycles. The van der Waals surface area contributed by atoms with Gasteiger partial charge in [-0.1, -0.05) is 205 Å². The van der Waals surface area contributed by atoms with Gasteiger partial charge in [-0.25, -0.2) is 0 Å². The zero-order valence-electron chi connectivity index (χ0n) is 38.7. The summed E-state index contributed by atoms with van der Waals surface area (Å²) < 4.78 is 16.2. The Hall–Kier alpha value is -6.86. The molecule has 3 heteroatoms. The predicted octanol–water partition coefficient (Wildman–Crippen LogP) is 14.9. The molecule has 0 saturated carbocycles. The maximum absolute atomic E-state index is 16.2. The molecule has 0 spiro atoms. The van der Waals surface area contributed by atoms with E-state index in [4.69, 9.17) is 4.98 Å². The third-order valence-electron chi connectivity index (χ3n) is 15.5. The topological polar surface area (TPSA) is 30.0 Å². The van der Waals surface area contributed by atoms with Crippen molar-refractivity contribution in [2.24, 2.45) is 0 Å². The number of aromatic nitrogens is 1. The first-order chi connectivity index (χ1) is 31.7. The number of rotatable bonds is 6. The number of hydrogen-bond donors (Lipinski definition) is 0. The summed E-state index contributed by atoms with van der Waals surface area (Å²) in [5.74, 6) is 0. The van der Waals surface area contributed by atoms with E-state index in [1.165, 1.54) is 72.3 Å². The largest absolute Gasteiger partial charge is 0.307 e. The van der Waals surface area contributed by atoms with Gasteiger partial charge in [0.25, 0.3) is 0 Å². The molecule has 9 aromatic rings. The van der Waals surface area contributed by atoms with E-state index in [0.717, 1.165) is 44.0 Å². The fraction of sp³-hybridized carbons (Fsp3) is 0.159. The van der Waals surface area contributed by atoms with Gasteiger partial charge in [-0.15, -0.1) is 0 Å². The lowest BCUT2D eigenvalue weighted by Gasteiger charge is -2.23. The SMILES string of the molecule is Cc1ccc2c(c1)C(C)(C)c1cc(-c3ccc(P(=O)(c4ccc(-c5ccc6c(c5)C(C)(C)c5ccccc5-6)cc4)c4ccc(-c5ccc6c(c5)C(C)(C)c5ccccc5-6)cc4)nc3)ccc1-2. The van der Waals surface area contributed by atoms with Gasteiger partial charge in [0.2, 0.25) is 0 Å². The second kappa shape index (κ2) is 14.3. The summed E-state index contributed by atoms with van der Waals surface area (Å²) in [6, 6.07) is 65.7. The first kappa shape index (κ1) is 40.6. The maximum atomic E-state index is 16.2.